The van der Waals surface area contributed by atoms with Gasteiger partial charge in [-0.3, -0.25) is 14.7 Å². The van der Waals surface area contributed by atoms with E-state index < -0.39 is 0 Å². The van der Waals surface area contributed by atoms with E-state index >= 15 is 0 Å². The van der Waals surface area contributed by atoms with E-state index in [0.29, 0.717) is 6.61 Å². The maximum absolute atomic E-state index is 12.7. The molecule has 4 aromatic rings. The number of nitrogens with zero attached hydrogens (tertiary/aromatic N) is 6. The van der Waals surface area contributed by atoms with Crippen molar-refractivity contribution in [1.82, 2.24) is 29.9 Å². The first-order chi connectivity index (χ1) is 18.8. The average Bonchev–Trinajstić information content (AvgIpc) is 3.46. The van der Waals surface area contributed by atoms with Gasteiger partial charge in [0.1, 0.15) is 16.6 Å². The molecule has 0 saturated carbocycles. The standard InChI is InChI=1S/C30H34N6O3/c1-5-38-28(37)14-22(24-15-25-27(16-32-24)35(4)34-33-25)20-9-8-19-10-11-26(23(19)13-20)36-17-21-7-6-12-31-29(21)39-30(2,3)18-36/h6-9,12-13,15-16,22,26H,5,10-11,14,17-18H2,1-4H3. The molecule has 0 fully saturated rings. The summed E-state index contributed by atoms with van der Waals surface area (Å²) in [6.07, 6.45) is 5.84. The highest BCUT2D eigenvalue weighted by atomic mass is 16.5. The van der Waals surface area contributed by atoms with Crippen LogP contribution in [0.3, 0.4) is 0 Å². The molecule has 0 saturated heterocycles. The molecule has 39 heavy (non-hydrogen) atoms. The summed E-state index contributed by atoms with van der Waals surface area (Å²) in [5.74, 6) is 0.226. The van der Waals surface area contributed by atoms with Crippen molar-refractivity contribution in [3.05, 3.63) is 76.7 Å². The van der Waals surface area contributed by atoms with Crippen LogP contribution in [0.15, 0.2) is 48.8 Å². The number of aromatic nitrogens is 5. The van der Waals surface area contributed by atoms with Gasteiger partial charge in [0.05, 0.1) is 24.9 Å². The van der Waals surface area contributed by atoms with E-state index in [0.717, 1.165) is 59.7 Å². The molecule has 9 nitrogen and oxygen atoms in total. The third kappa shape index (κ3) is 4.98. The number of pyridine rings is 2. The predicted molar refractivity (Wildman–Crippen MR) is 146 cm³/mol. The Kier molecular flexibility index (Phi) is 6.54. The van der Waals surface area contributed by atoms with Crippen molar-refractivity contribution in [2.75, 3.05) is 13.2 Å². The molecule has 2 unspecified atom stereocenters. The summed E-state index contributed by atoms with van der Waals surface area (Å²) in [6.45, 7) is 7.99. The molecule has 1 aliphatic heterocycles. The lowest BCUT2D eigenvalue weighted by Gasteiger charge is -2.33. The number of aryl methyl sites for hydroxylation is 2. The van der Waals surface area contributed by atoms with Crippen molar-refractivity contribution >= 4 is 17.0 Å². The first-order valence-corrected chi connectivity index (χ1v) is 13.6. The molecule has 0 bridgehead atoms. The maximum Gasteiger partial charge on any atom is 0.306 e. The Balaban J connectivity index is 1.37. The van der Waals surface area contributed by atoms with Crippen molar-refractivity contribution in [1.29, 1.82) is 0 Å². The molecule has 6 rings (SSSR count). The van der Waals surface area contributed by atoms with E-state index in [1.807, 2.05) is 26.1 Å². The Hall–Kier alpha value is -3.85. The normalized spacial score (nSPS) is 19.1. The van der Waals surface area contributed by atoms with Crippen molar-refractivity contribution in [3.63, 3.8) is 0 Å². The lowest BCUT2D eigenvalue weighted by molar-refractivity contribution is -0.143. The zero-order chi connectivity index (χ0) is 27.1. The molecule has 2 aliphatic rings. The van der Waals surface area contributed by atoms with E-state index in [-0.39, 0.29) is 30.0 Å². The van der Waals surface area contributed by atoms with E-state index in [2.05, 4.69) is 58.3 Å². The summed E-state index contributed by atoms with van der Waals surface area (Å²) >= 11 is 0. The molecular weight excluding hydrogens is 492 g/mol. The molecule has 4 heterocycles. The lowest BCUT2D eigenvalue weighted by Crippen LogP contribution is -2.41. The number of ether oxygens (including phenoxy) is 2. The minimum absolute atomic E-state index is 0.208. The minimum Gasteiger partial charge on any atom is -0.470 e. The van der Waals surface area contributed by atoms with Crippen LogP contribution in [0.25, 0.3) is 11.0 Å². The van der Waals surface area contributed by atoms with Crippen LogP contribution < -0.4 is 4.74 Å². The summed E-state index contributed by atoms with van der Waals surface area (Å²) in [4.78, 5) is 24.5. The Labute approximate surface area is 228 Å². The highest BCUT2D eigenvalue weighted by Crippen LogP contribution is 2.42. The third-order valence-electron chi connectivity index (χ3n) is 7.79. The van der Waals surface area contributed by atoms with E-state index in [1.165, 1.54) is 11.1 Å². The van der Waals surface area contributed by atoms with Crippen molar-refractivity contribution < 1.29 is 14.3 Å². The van der Waals surface area contributed by atoms with E-state index in [4.69, 9.17) is 14.5 Å². The Morgan fingerprint density at radius 2 is 2.08 bits per heavy atom. The number of carbonyl (C=O) groups is 1. The molecule has 3 aromatic heterocycles. The number of carbonyl (C=O) groups excluding carboxylic acids is 1. The van der Waals surface area contributed by atoms with Crippen LogP contribution >= 0.6 is 0 Å². The Morgan fingerprint density at radius 3 is 2.92 bits per heavy atom. The largest absolute Gasteiger partial charge is 0.470 e. The molecule has 0 spiro atoms. The van der Waals surface area contributed by atoms with E-state index in [1.54, 1.807) is 17.1 Å². The van der Waals surface area contributed by atoms with Gasteiger partial charge in [0, 0.05) is 43.9 Å². The molecule has 9 heteroatoms. The predicted octanol–water partition coefficient (Wildman–Crippen LogP) is 4.50. The lowest BCUT2D eigenvalue weighted by atomic mass is 9.89. The van der Waals surface area contributed by atoms with Gasteiger partial charge in [-0.1, -0.05) is 29.5 Å². The molecular formula is C30H34N6O3. The second-order valence-corrected chi connectivity index (χ2v) is 11.1. The third-order valence-corrected chi connectivity index (χ3v) is 7.79. The minimum atomic E-state index is -0.373. The van der Waals surface area contributed by atoms with Crippen LogP contribution in [0.5, 0.6) is 5.88 Å². The molecule has 1 aromatic carbocycles. The van der Waals surface area contributed by atoms with Crippen LogP contribution in [0.4, 0.5) is 0 Å². The SMILES string of the molecule is CCOC(=O)CC(c1ccc2c(c1)C(N1Cc3cccnc3OC(C)(C)C1)CC2)c1cc2nnn(C)c2cn1. The summed E-state index contributed by atoms with van der Waals surface area (Å²) < 4.78 is 13.4. The van der Waals surface area contributed by atoms with Crippen LogP contribution in [-0.4, -0.2) is 54.6 Å². The van der Waals surface area contributed by atoms with Gasteiger partial charge in [0.25, 0.3) is 0 Å². The maximum atomic E-state index is 12.7. The first-order valence-electron chi connectivity index (χ1n) is 13.6. The summed E-state index contributed by atoms with van der Waals surface area (Å²) in [5.41, 5.74) is 6.84. The van der Waals surface area contributed by atoms with Crippen molar-refractivity contribution in [2.45, 2.75) is 64.1 Å². The monoisotopic (exact) mass is 526 g/mol. The van der Waals surface area contributed by atoms with Crippen molar-refractivity contribution in [3.8, 4) is 5.88 Å². The smallest absolute Gasteiger partial charge is 0.306 e. The fourth-order valence-electron chi connectivity index (χ4n) is 6.03. The Morgan fingerprint density at radius 1 is 1.21 bits per heavy atom. The topological polar surface area (TPSA) is 95.3 Å². The van der Waals surface area contributed by atoms with Gasteiger partial charge in [0.15, 0.2) is 0 Å². The Bertz CT molecular complexity index is 1530. The molecule has 0 amide bonds. The van der Waals surface area contributed by atoms with Gasteiger partial charge >= 0.3 is 5.97 Å². The average molecular weight is 527 g/mol. The van der Waals surface area contributed by atoms with Crippen LogP contribution in [0.2, 0.25) is 0 Å². The zero-order valence-corrected chi connectivity index (χ0v) is 22.9. The van der Waals surface area contributed by atoms with Gasteiger partial charge in [-0.15, -0.1) is 5.10 Å². The molecule has 202 valence electrons. The van der Waals surface area contributed by atoms with Crippen molar-refractivity contribution in [2.24, 2.45) is 7.05 Å². The quantitative estimate of drug-likeness (QED) is 0.339. The number of fused-ring (bicyclic) bond motifs is 3. The number of esters is 1. The summed E-state index contributed by atoms with van der Waals surface area (Å²) in [6, 6.07) is 12.9. The van der Waals surface area contributed by atoms with Crippen LogP contribution in [-0.2, 0) is 29.5 Å². The number of benzene rings is 1. The van der Waals surface area contributed by atoms with Gasteiger partial charge in [0.2, 0.25) is 5.88 Å². The second-order valence-electron chi connectivity index (χ2n) is 11.1. The number of hydrogen-bond acceptors (Lipinski definition) is 8. The highest BCUT2D eigenvalue weighted by Gasteiger charge is 2.36. The van der Waals surface area contributed by atoms with Crippen LogP contribution in [0, 0.1) is 0 Å². The first kappa shape index (κ1) is 25.4. The van der Waals surface area contributed by atoms with Gasteiger partial charge in [-0.2, -0.15) is 0 Å². The molecule has 1 aliphatic carbocycles. The number of rotatable bonds is 6. The zero-order valence-electron chi connectivity index (χ0n) is 22.9. The fraction of sp³-hybridized carbons (Fsp3) is 0.433. The molecule has 2 atom stereocenters. The highest BCUT2D eigenvalue weighted by molar-refractivity contribution is 5.75. The van der Waals surface area contributed by atoms with Crippen LogP contribution in [0.1, 0.15) is 73.5 Å². The molecule has 0 radical (unpaired) electrons. The second kappa shape index (κ2) is 10.0. The molecule has 0 N–H and O–H groups in total. The van der Waals surface area contributed by atoms with Gasteiger partial charge in [-0.25, -0.2) is 9.67 Å². The number of hydrogen-bond donors (Lipinski definition) is 0. The fourth-order valence-corrected chi connectivity index (χ4v) is 6.03. The van der Waals surface area contributed by atoms with Gasteiger partial charge in [-0.05, 0) is 62.4 Å². The van der Waals surface area contributed by atoms with Gasteiger partial charge < -0.3 is 9.47 Å². The summed E-state index contributed by atoms with van der Waals surface area (Å²) in [7, 11) is 1.84. The summed E-state index contributed by atoms with van der Waals surface area (Å²) in [5, 5.41) is 8.39. The van der Waals surface area contributed by atoms with E-state index in [9.17, 15) is 4.79 Å².